The number of hydrogen-bond donors (Lipinski definition) is 1. The number of benzene rings is 1. The normalized spacial score (nSPS) is 14.8. The van der Waals surface area contributed by atoms with Crippen molar-refractivity contribution in [1.29, 1.82) is 5.26 Å². The number of nitrogens with one attached hydrogen (secondary N) is 1. The number of amides is 1. The van der Waals surface area contributed by atoms with E-state index >= 15 is 0 Å². The Bertz CT molecular complexity index is 1560. The highest BCUT2D eigenvalue weighted by Gasteiger charge is 2.43. The molecule has 0 aliphatic carbocycles. The Balaban J connectivity index is 1.29. The summed E-state index contributed by atoms with van der Waals surface area (Å²) in [5, 5.41) is 13.4. The summed E-state index contributed by atoms with van der Waals surface area (Å²) in [6.07, 6.45) is -0.00626. The lowest BCUT2D eigenvalue weighted by Crippen LogP contribution is -2.52. The van der Waals surface area contributed by atoms with Gasteiger partial charge in [0.1, 0.15) is 11.8 Å². The number of fused-ring (bicyclic) bond motifs is 1. The van der Waals surface area contributed by atoms with Gasteiger partial charge < -0.3 is 15.1 Å². The maximum atomic E-state index is 12.7. The van der Waals surface area contributed by atoms with Gasteiger partial charge in [-0.3, -0.25) is 9.20 Å². The molecule has 39 heavy (non-hydrogen) atoms. The van der Waals surface area contributed by atoms with Gasteiger partial charge in [0.15, 0.2) is 5.65 Å². The van der Waals surface area contributed by atoms with Crippen molar-refractivity contribution in [2.75, 3.05) is 36.4 Å². The number of pyridine rings is 1. The molecule has 5 rings (SSSR count). The second-order valence-corrected chi connectivity index (χ2v) is 9.40. The lowest BCUT2D eigenvalue weighted by Gasteiger charge is -2.36. The quantitative estimate of drug-likeness (QED) is 0.381. The minimum absolute atomic E-state index is 0.00903. The molecule has 0 unspecified atom stereocenters. The first-order chi connectivity index (χ1) is 18.7. The number of hydrogen-bond acceptors (Lipinski definition) is 7. The fourth-order valence-electron chi connectivity index (χ4n) is 4.48. The number of aromatic nitrogens is 4. The van der Waals surface area contributed by atoms with Crippen LogP contribution in [0.5, 0.6) is 0 Å². The average Bonchev–Trinajstić information content (AvgIpc) is 3.38. The Labute approximate surface area is 226 Å². The number of nitrogens with zero attached hydrogens (tertiary/aromatic N) is 7. The first kappa shape index (κ1) is 26.2. The first-order valence-corrected chi connectivity index (χ1v) is 12.4. The molecule has 1 N–H and O–H groups in total. The summed E-state index contributed by atoms with van der Waals surface area (Å²) in [7, 11) is 0. The van der Waals surface area contributed by atoms with Crippen molar-refractivity contribution in [3.8, 4) is 17.5 Å². The fourth-order valence-corrected chi connectivity index (χ4v) is 4.69. The van der Waals surface area contributed by atoms with Crippen LogP contribution in [0.2, 0.25) is 5.02 Å². The van der Waals surface area contributed by atoms with Gasteiger partial charge in [-0.1, -0.05) is 23.7 Å². The Morgan fingerprint density at radius 1 is 1.10 bits per heavy atom. The van der Waals surface area contributed by atoms with E-state index in [4.69, 9.17) is 11.6 Å². The Hall–Kier alpha value is -4.37. The topological polar surface area (TPSA) is 102 Å². The van der Waals surface area contributed by atoms with E-state index in [9.17, 15) is 23.2 Å². The zero-order valence-corrected chi connectivity index (χ0v) is 21.4. The second kappa shape index (κ2) is 10.4. The molecule has 0 spiro atoms. The molecule has 1 aromatic carbocycles. The van der Waals surface area contributed by atoms with Crippen LogP contribution in [0.3, 0.4) is 0 Å². The van der Waals surface area contributed by atoms with E-state index in [1.165, 1.54) is 6.20 Å². The van der Waals surface area contributed by atoms with E-state index in [0.717, 1.165) is 16.2 Å². The molecule has 1 aliphatic rings. The smallest absolute Gasteiger partial charge is 0.368 e. The van der Waals surface area contributed by atoms with Crippen LogP contribution in [0.25, 0.3) is 17.0 Å². The highest BCUT2D eigenvalue weighted by Crippen LogP contribution is 2.28. The molecule has 1 amide bonds. The molecule has 4 heterocycles. The van der Waals surface area contributed by atoms with Gasteiger partial charge in [-0.25, -0.2) is 15.0 Å². The lowest BCUT2D eigenvalue weighted by atomic mass is 10.1. The van der Waals surface area contributed by atoms with Gasteiger partial charge in [0.2, 0.25) is 5.95 Å². The summed E-state index contributed by atoms with van der Waals surface area (Å²) >= 11 is 6.24. The van der Waals surface area contributed by atoms with Gasteiger partial charge in [-0.15, -0.1) is 0 Å². The van der Waals surface area contributed by atoms with Crippen LogP contribution in [-0.2, 0) is 4.79 Å². The van der Waals surface area contributed by atoms with Crippen molar-refractivity contribution in [1.82, 2.24) is 24.3 Å². The van der Waals surface area contributed by atoms with Crippen molar-refractivity contribution in [3.05, 3.63) is 71.1 Å². The zero-order chi connectivity index (χ0) is 27.7. The summed E-state index contributed by atoms with van der Waals surface area (Å²) < 4.78 is 39.8. The van der Waals surface area contributed by atoms with Gasteiger partial charge in [-0.05, 0) is 36.8 Å². The third kappa shape index (κ3) is 5.31. The minimum atomic E-state index is -4.85. The largest absolute Gasteiger partial charge is 0.471 e. The third-order valence-electron chi connectivity index (χ3n) is 6.55. The SMILES string of the molecule is C[C@H](Nc1ncc(C#N)c(-c2cnc3c(Cl)cccn23)n1)c1ccc(N2CCN(C(=O)C(F)(F)F)CC2)cc1. The molecule has 1 saturated heterocycles. The molecular formula is C26H22ClF3N8O. The number of carbonyl (C=O) groups excluding carboxylic acids is 1. The monoisotopic (exact) mass is 554 g/mol. The molecule has 1 atom stereocenters. The highest BCUT2D eigenvalue weighted by molar-refractivity contribution is 6.33. The zero-order valence-electron chi connectivity index (χ0n) is 20.7. The molecule has 9 nitrogen and oxygen atoms in total. The molecule has 0 bridgehead atoms. The van der Waals surface area contributed by atoms with Gasteiger partial charge in [0.25, 0.3) is 0 Å². The number of imidazole rings is 1. The van der Waals surface area contributed by atoms with Crippen molar-refractivity contribution in [2.24, 2.45) is 0 Å². The van der Waals surface area contributed by atoms with Crippen molar-refractivity contribution < 1.29 is 18.0 Å². The van der Waals surface area contributed by atoms with Crippen LogP contribution in [-0.4, -0.2) is 62.5 Å². The van der Waals surface area contributed by atoms with E-state index in [2.05, 4.69) is 26.3 Å². The summed E-state index contributed by atoms with van der Waals surface area (Å²) in [5.74, 6) is -1.47. The van der Waals surface area contributed by atoms with E-state index in [1.807, 2.05) is 36.1 Å². The van der Waals surface area contributed by atoms with Gasteiger partial charge in [0, 0.05) is 38.1 Å². The Morgan fingerprint density at radius 2 is 1.82 bits per heavy atom. The van der Waals surface area contributed by atoms with E-state index in [0.29, 0.717) is 41.1 Å². The van der Waals surface area contributed by atoms with Gasteiger partial charge in [0.05, 0.1) is 34.7 Å². The molecule has 13 heteroatoms. The number of carbonyl (C=O) groups is 1. The maximum Gasteiger partial charge on any atom is 0.471 e. The van der Waals surface area contributed by atoms with Crippen LogP contribution in [0.15, 0.2) is 55.0 Å². The molecule has 4 aromatic rings. The molecule has 1 aliphatic heterocycles. The predicted octanol–water partition coefficient (Wildman–Crippen LogP) is 4.70. The van der Waals surface area contributed by atoms with E-state index in [-0.39, 0.29) is 24.7 Å². The van der Waals surface area contributed by atoms with E-state index in [1.54, 1.807) is 28.9 Å². The number of nitriles is 1. The Kier molecular flexibility index (Phi) is 7.01. The van der Waals surface area contributed by atoms with Crippen molar-refractivity contribution in [2.45, 2.75) is 19.1 Å². The molecule has 0 saturated carbocycles. The van der Waals surface area contributed by atoms with Crippen LogP contribution in [0.1, 0.15) is 24.1 Å². The number of piperazine rings is 1. The van der Waals surface area contributed by atoms with Gasteiger partial charge >= 0.3 is 12.1 Å². The average molecular weight is 555 g/mol. The van der Waals surface area contributed by atoms with Crippen LogP contribution in [0.4, 0.5) is 24.8 Å². The number of alkyl halides is 3. The molecule has 0 radical (unpaired) electrons. The molecule has 1 fully saturated rings. The molecule has 3 aromatic heterocycles. The molecular weight excluding hydrogens is 533 g/mol. The third-order valence-corrected chi connectivity index (χ3v) is 6.85. The van der Waals surface area contributed by atoms with E-state index < -0.39 is 12.1 Å². The van der Waals surface area contributed by atoms with Gasteiger partial charge in [-0.2, -0.15) is 18.4 Å². The summed E-state index contributed by atoms with van der Waals surface area (Å²) in [6, 6.07) is 13.0. The number of rotatable bonds is 5. The van der Waals surface area contributed by atoms with Crippen LogP contribution < -0.4 is 10.2 Å². The summed E-state index contributed by atoms with van der Waals surface area (Å²) in [6.45, 7) is 2.58. The summed E-state index contributed by atoms with van der Waals surface area (Å²) in [4.78, 5) is 27.5. The lowest BCUT2D eigenvalue weighted by molar-refractivity contribution is -0.185. The maximum absolute atomic E-state index is 12.7. The Morgan fingerprint density at radius 3 is 2.49 bits per heavy atom. The number of anilines is 2. The van der Waals surface area contributed by atoms with Crippen LogP contribution >= 0.6 is 11.6 Å². The second-order valence-electron chi connectivity index (χ2n) is 9.00. The predicted molar refractivity (Wildman–Crippen MR) is 139 cm³/mol. The number of halogens is 4. The minimum Gasteiger partial charge on any atom is -0.368 e. The summed E-state index contributed by atoms with van der Waals surface area (Å²) in [5.41, 5.74) is 3.64. The molecule has 200 valence electrons. The van der Waals surface area contributed by atoms with Crippen molar-refractivity contribution >= 4 is 34.8 Å². The fraction of sp³-hybridized carbons (Fsp3) is 0.269. The first-order valence-electron chi connectivity index (χ1n) is 12.0. The van der Waals surface area contributed by atoms with Crippen molar-refractivity contribution in [3.63, 3.8) is 0 Å². The van der Waals surface area contributed by atoms with Crippen LogP contribution in [0, 0.1) is 11.3 Å². The standard InChI is InChI=1S/C26H22ClF3N8O/c1-16(17-4-6-19(7-5-17)36-9-11-37(12-10-36)24(39)26(28,29)30)34-25-33-14-18(13-31)22(35-25)21-15-32-23-20(27)3-2-8-38(21)23/h2-8,14-16H,9-12H2,1H3,(H,33,34,35)/t16-/m0/s1. The highest BCUT2D eigenvalue weighted by atomic mass is 35.5.